The summed E-state index contributed by atoms with van der Waals surface area (Å²) in [5.41, 5.74) is 0.881. The molecule has 1 aromatic heterocycles. The van der Waals surface area contributed by atoms with Crippen LogP contribution in [-0.4, -0.2) is 18.1 Å². The average molecular weight is 283 g/mol. The van der Waals surface area contributed by atoms with Gasteiger partial charge < -0.3 is 9.73 Å². The average Bonchev–Trinajstić information content (AvgIpc) is 2.84. The first-order valence-corrected chi connectivity index (χ1v) is 6.99. The first-order chi connectivity index (χ1) is 9.14. The van der Waals surface area contributed by atoms with Gasteiger partial charge in [-0.05, 0) is 31.9 Å². The largest absolute Gasteiger partial charge is 0.438 e. The van der Waals surface area contributed by atoms with Crippen LogP contribution in [0.25, 0.3) is 11.1 Å². The van der Waals surface area contributed by atoms with Crippen molar-refractivity contribution in [1.29, 1.82) is 0 Å². The smallest absolute Gasteiger partial charge is 0.203 e. The Morgan fingerprint density at radius 3 is 3.05 bits per heavy atom. The van der Waals surface area contributed by atoms with E-state index in [1.165, 1.54) is 12.1 Å². The second-order valence-electron chi connectivity index (χ2n) is 5.17. The van der Waals surface area contributed by atoms with Gasteiger partial charge in [-0.25, -0.2) is 9.37 Å². The molecule has 1 atom stereocenters. The second kappa shape index (κ2) is 4.76. The lowest BCUT2D eigenvalue weighted by Gasteiger charge is -2.33. The maximum absolute atomic E-state index is 13.3. The van der Waals surface area contributed by atoms with Crippen molar-refractivity contribution in [3.63, 3.8) is 0 Å². The van der Waals surface area contributed by atoms with Gasteiger partial charge in [-0.15, -0.1) is 0 Å². The van der Waals surface area contributed by atoms with Gasteiger partial charge in [0.1, 0.15) is 11.3 Å². The monoisotopic (exact) mass is 282 g/mol. The molecule has 0 amide bonds. The number of hydrogen-bond donors (Lipinski definition) is 1. The van der Waals surface area contributed by atoms with Gasteiger partial charge >= 0.3 is 0 Å². The lowest BCUT2D eigenvalue weighted by molar-refractivity contribution is 0.249. The Morgan fingerprint density at radius 2 is 2.37 bits per heavy atom. The molecule has 102 valence electrons. The Labute approximate surface area is 116 Å². The molecule has 0 spiro atoms. The normalized spacial score (nSPS) is 23.9. The topological polar surface area (TPSA) is 38.1 Å². The van der Waals surface area contributed by atoms with Gasteiger partial charge in [0.15, 0.2) is 5.58 Å². The quantitative estimate of drug-likeness (QED) is 0.914. The summed E-state index contributed by atoms with van der Waals surface area (Å²) in [6.07, 6.45) is 3.06. The van der Waals surface area contributed by atoms with Crippen LogP contribution in [0.1, 0.15) is 32.1 Å². The van der Waals surface area contributed by atoms with E-state index in [0.717, 1.165) is 32.4 Å². The molecule has 1 saturated heterocycles. The van der Waals surface area contributed by atoms with Gasteiger partial charge in [0, 0.05) is 12.6 Å². The van der Waals surface area contributed by atoms with Crippen LogP contribution in [0.5, 0.6) is 0 Å². The molecule has 19 heavy (non-hydrogen) atoms. The molecule has 0 radical (unpaired) electrons. The molecular weight excluding hydrogens is 267 g/mol. The van der Waals surface area contributed by atoms with E-state index < -0.39 is 0 Å². The highest BCUT2D eigenvalue weighted by Gasteiger charge is 2.37. The molecular formula is C14H16ClFN2O. The van der Waals surface area contributed by atoms with Crippen LogP contribution in [0.15, 0.2) is 16.5 Å². The van der Waals surface area contributed by atoms with Gasteiger partial charge in [-0.1, -0.05) is 18.5 Å². The number of aromatic nitrogens is 1. The van der Waals surface area contributed by atoms with Crippen molar-refractivity contribution in [1.82, 2.24) is 10.3 Å². The van der Waals surface area contributed by atoms with Gasteiger partial charge in [0.2, 0.25) is 5.89 Å². The number of piperidine rings is 1. The summed E-state index contributed by atoms with van der Waals surface area (Å²) in [6.45, 7) is 4.00. The Balaban J connectivity index is 2.11. The van der Waals surface area contributed by atoms with Crippen molar-refractivity contribution in [3.8, 4) is 0 Å². The van der Waals surface area contributed by atoms with Gasteiger partial charge in [-0.2, -0.15) is 0 Å². The molecule has 2 heterocycles. The number of hydrogen-bond acceptors (Lipinski definition) is 3. The van der Waals surface area contributed by atoms with Crippen molar-refractivity contribution in [2.24, 2.45) is 0 Å². The Kier molecular flexibility index (Phi) is 3.23. The van der Waals surface area contributed by atoms with Crippen molar-refractivity contribution in [3.05, 3.63) is 28.9 Å². The van der Waals surface area contributed by atoms with E-state index in [4.69, 9.17) is 16.0 Å². The predicted octanol–water partition coefficient (Wildman–Crippen LogP) is 3.65. The highest BCUT2D eigenvalue weighted by atomic mass is 35.5. The third-order valence-electron chi connectivity index (χ3n) is 4.01. The molecule has 0 bridgehead atoms. The van der Waals surface area contributed by atoms with Gasteiger partial charge in [0.05, 0.1) is 10.4 Å². The van der Waals surface area contributed by atoms with E-state index in [1.807, 2.05) is 0 Å². The fraction of sp³-hybridized carbons (Fsp3) is 0.500. The van der Waals surface area contributed by atoms with Crippen molar-refractivity contribution in [2.75, 3.05) is 13.1 Å². The molecule has 3 nitrogen and oxygen atoms in total. The van der Waals surface area contributed by atoms with Gasteiger partial charge in [-0.3, -0.25) is 0 Å². The number of benzene rings is 1. The van der Waals surface area contributed by atoms with Crippen molar-refractivity contribution in [2.45, 2.75) is 31.6 Å². The molecule has 1 N–H and O–H groups in total. The van der Waals surface area contributed by atoms with Crippen LogP contribution in [0.2, 0.25) is 5.02 Å². The maximum atomic E-state index is 13.3. The predicted molar refractivity (Wildman–Crippen MR) is 73.0 cm³/mol. The van der Waals surface area contributed by atoms with E-state index in [0.29, 0.717) is 17.0 Å². The Hall–Kier alpha value is -1.13. The number of halogens is 2. The SMILES string of the molecule is CCC1(c2nc3cc(F)cc(Cl)c3o2)CCCNC1. The first-order valence-electron chi connectivity index (χ1n) is 6.61. The van der Waals surface area contributed by atoms with Crippen LogP contribution >= 0.6 is 11.6 Å². The summed E-state index contributed by atoms with van der Waals surface area (Å²) in [4.78, 5) is 4.47. The molecule has 1 aliphatic rings. The molecule has 1 fully saturated rings. The summed E-state index contributed by atoms with van der Waals surface area (Å²) in [7, 11) is 0. The Morgan fingerprint density at radius 1 is 1.53 bits per heavy atom. The summed E-state index contributed by atoms with van der Waals surface area (Å²) in [5.74, 6) is 0.286. The van der Waals surface area contributed by atoms with E-state index in [2.05, 4.69) is 17.2 Å². The van der Waals surface area contributed by atoms with E-state index in [-0.39, 0.29) is 16.3 Å². The van der Waals surface area contributed by atoms with E-state index in [1.54, 1.807) is 0 Å². The number of oxazole rings is 1. The molecule has 1 aliphatic heterocycles. The van der Waals surface area contributed by atoms with Crippen LogP contribution in [0.4, 0.5) is 4.39 Å². The molecule has 1 unspecified atom stereocenters. The number of rotatable bonds is 2. The lowest BCUT2D eigenvalue weighted by atomic mass is 9.78. The third-order valence-corrected chi connectivity index (χ3v) is 4.29. The fourth-order valence-electron chi connectivity index (χ4n) is 2.79. The highest BCUT2D eigenvalue weighted by molar-refractivity contribution is 6.34. The fourth-order valence-corrected chi connectivity index (χ4v) is 3.03. The molecule has 0 aliphatic carbocycles. The lowest BCUT2D eigenvalue weighted by Crippen LogP contribution is -2.43. The van der Waals surface area contributed by atoms with Crippen LogP contribution in [0, 0.1) is 5.82 Å². The van der Waals surface area contributed by atoms with Gasteiger partial charge in [0.25, 0.3) is 0 Å². The number of nitrogens with one attached hydrogen (secondary N) is 1. The van der Waals surface area contributed by atoms with Crippen molar-refractivity contribution >= 4 is 22.7 Å². The molecule has 5 heteroatoms. The van der Waals surface area contributed by atoms with Crippen LogP contribution < -0.4 is 5.32 Å². The number of nitrogens with zero attached hydrogens (tertiary/aromatic N) is 1. The van der Waals surface area contributed by atoms with Crippen LogP contribution in [-0.2, 0) is 5.41 Å². The minimum atomic E-state index is -0.385. The standard InChI is InChI=1S/C14H16ClFN2O/c1-2-14(4-3-5-17-8-14)13-18-11-7-9(16)6-10(15)12(11)19-13/h6-7,17H,2-5,8H2,1H3. The summed E-state index contributed by atoms with van der Waals surface area (Å²) in [6, 6.07) is 2.63. The highest BCUT2D eigenvalue weighted by Crippen LogP contribution is 2.37. The maximum Gasteiger partial charge on any atom is 0.203 e. The zero-order chi connectivity index (χ0) is 13.5. The summed E-state index contributed by atoms with van der Waals surface area (Å²) in [5, 5.41) is 3.67. The molecule has 2 aromatic rings. The third kappa shape index (κ3) is 2.13. The Bertz CT molecular complexity index is 605. The minimum Gasteiger partial charge on any atom is -0.438 e. The van der Waals surface area contributed by atoms with E-state index in [9.17, 15) is 4.39 Å². The number of fused-ring (bicyclic) bond motifs is 1. The van der Waals surface area contributed by atoms with Crippen LogP contribution in [0.3, 0.4) is 0 Å². The minimum absolute atomic E-state index is 0.100. The van der Waals surface area contributed by atoms with Crippen molar-refractivity contribution < 1.29 is 8.81 Å². The zero-order valence-corrected chi connectivity index (χ0v) is 11.6. The first kappa shape index (κ1) is 12.9. The molecule has 1 aromatic carbocycles. The second-order valence-corrected chi connectivity index (χ2v) is 5.58. The summed E-state index contributed by atoms with van der Waals surface area (Å²) < 4.78 is 19.2. The zero-order valence-electron chi connectivity index (χ0n) is 10.8. The molecule has 3 rings (SSSR count). The van der Waals surface area contributed by atoms with E-state index >= 15 is 0 Å². The molecule has 0 saturated carbocycles. The summed E-state index contributed by atoms with van der Waals surface area (Å²) >= 11 is 6.01.